The molecule has 4 heterocycles. The van der Waals surface area contributed by atoms with Gasteiger partial charge in [-0.05, 0) is 0 Å². The van der Waals surface area contributed by atoms with Gasteiger partial charge in [-0.3, -0.25) is 0 Å². The highest BCUT2D eigenvalue weighted by Crippen LogP contribution is 2.40. The Kier molecular flexibility index (Phi) is 5.05. The first kappa shape index (κ1) is 17.1. The van der Waals surface area contributed by atoms with Crippen molar-refractivity contribution >= 4 is 0 Å². The minimum absolute atomic E-state index is 0.492. The summed E-state index contributed by atoms with van der Waals surface area (Å²) in [5.41, 5.74) is 0. The predicted octanol–water partition coefficient (Wildman–Crippen LogP) is 1.36. The van der Waals surface area contributed by atoms with Crippen LogP contribution in [-0.4, -0.2) is 57.0 Å². The van der Waals surface area contributed by atoms with E-state index < -0.39 is 17.4 Å². The Bertz CT molecular complexity index is 331. The second-order valence-electron chi connectivity index (χ2n) is 6.57. The zero-order valence-corrected chi connectivity index (χ0v) is 13.7. The van der Waals surface area contributed by atoms with E-state index in [1.807, 2.05) is 0 Å². The van der Waals surface area contributed by atoms with Crippen molar-refractivity contribution in [3.63, 3.8) is 0 Å². The van der Waals surface area contributed by atoms with Crippen LogP contribution < -0.4 is 0 Å². The van der Waals surface area contributed by atoms with E-state index in [2.05, 4.69) is 0 Å². The zero-order chi connectivity index (χ0) is 16.3. The highest BCUT2D eigenvalue weighted by molar-refractivity contribution is 4.77. The average Bonchev–Trinajstić information content (AvgIpc) is 2.70. The Hall–Kier alpha value is -0.360. The monoisotopic (exact) mass is 348 g/mol. The van der Waals surface area contributed by atoms with Gasteiger partial charge >= 0.3 is 0 Å². The smallest absolute Gasteiger partial charge is 0.238 e. The van der Waals surface area contributed by atoms with Crippen LogP contribution in [0.2, 0.25) is 0 Å². The molecule has 4 saturated heterocycles. The van der Waals surface area contributed by atoms with Crippen molar-refractivity contribution in [3.05, 3.63) is 0 Å². The molecule has 9 nitrogen and oxygen atoms in total. The van der Waals surface area contributed by atoms with E-state index in [9.17, 15) is 0 Å². The summed E-state index contributed by atoms with van der Waals surface area (Å²) < 4.78 is 16.2. The van der Waals surface area contributed by atoms with Crippen molar-refractivity contribution in [1.82, 2.24) is 0 Å². The maximum Gasteiger partial charge on any atom is 0.238 e. The fraction of sp³-hybridized carbons (Fsp3) is 1.00. The van der Waals surface area contributed by atoms with Crippen molar-refractivity contribution < 1.29 is 43.5 Å². The third-order valence-corrected chi connectivity index (χ3v) is 4.80. The molecule has 4 aliphatic rings. The molecule has 0 atom stereocenters. The van der Waals surface area contributed by atoms with Crippen molar-refractivity contribution in [2.75, 3.05) is 39.6 Å². The minimum atomic E-state index is -1.04. The standard InChI is InChI=1S/C15H24O9/c1-7-16-8-2-13(1)19-21-14(3-9-17-10-4-14)23-24-15(22-20-13)5-11-18-12-6-15/h1-12H2. The SMILES string of the molecule is C1CC2(CCO1)OOC1(CCOCC1)OOC1(CCOCC1)OO2. The molecule has 0 unspecified atom stereocenters. The summed E-state index contributed by atoms with van der Waals surface area (Å²) in [6, 6.07) is 0. The van der Waals surface area contributed by atoms with E-state index in [0.29, 0.717) is 78.2 Å². The first-order chi connectivity index (χ1) is 11.7. The number of ether oxygens (including phenoxy) is 3. The van der Waals surface area contributed by atoms with Gasteiger partial charge < -0.3 is 14.2 Å². The number of hydrogen-bond donors (Lipinski definition) is 0. The van der Waals surface area contributed by atoms with Crippen LogP contribution in [0.15, 0.2) is 0 Å². The second kappa shape index (κ2) is 7.10. The van der Waals surface area contributed by atoms with Gasteiger partial charge in [0.25, 0.3) is 0 Å². The summed E-state index contributed by atoms with van der Waals surface area (Å²) in [6.07, 6.45) is 2.95. The molecule has 0 amide bonds. The van der Waals surface area contributed by atoms with Crippen molar-refractivity contribution in [2.24, 2.45) is 0 Å². The van der Waals surface area contributed by atoms with Crippen molar-refractivity contribution in [2.45, 2.75) is 55.9 Å². The Morgan fingerprint density at radius 3 is 0.750 bits per heavy atom. The highest BCUT2D eigenvalue weighted by atomic mass is 17.4. The summed E-state index contributed by atoms with van der Waals surface area (Å²) in [5, 5.41) is 0. The molecule has 0 aliphatic carbocycles. The van der Waals surface area contributed by atoms with Gasteiger partial charge in [0.2, 0.25) is 17.4 Å². The van der Waals surface area contributed by atoms with Crippen LogP contribution in [0, 0.1) is 0 Å². The molecule has 0 aromatic rings. The predicted molar refractivity (Wildman–Crippen MR) is 74.9 cm³/mol. The number of hydrogen-bond acceptors (Lipinski definition) is 9. The van der Waals surface area contributed by atoms with E-state index in [1.54, 1.807) is 0 Å². The van der Waals surface area contributed by atoms with E-state index in [-0.39, 0.29) is 0 Å². The maximum absolute atomic E-state index is 5.70. The van der Waals surface area contributed by atoms with Gasteiger partial charge in [-0.2, -0.15) is 29.3 Å². The summed E-state index contributed by atoms with van der Waals surface area (Å²) >= 11 is 0. The van der Waals surface area contributed by atoms with Crippen LogP contribution in [0.25, 0.3) is 0 Å². The summed E-state index contributed by atoms with van der Waals surface area (Å²) in [5.74, 6) is -3.11. The molecular weight excluding hydrogens is 324 g/mol. The third-order valence-electron chi connectivity index (χ3n) is 4.80. The molecule has 9 heteroatoms. The maximum atomic E-state index is 5.70. The molecule has 3 spiro atoms. The molecule has 0 aromatic heterocycles. The Balaban J connectivity index is 1.56. The van der Waals surface area contributed by atoms with E-state index in [4.69, 9.17) is 43.5 Å². The molecule has 24 heavy (non-hydrogen) atoms. The average molecular weight is 348 g/mol. The lowest BCUT2D eigenvalue weighted by Crippen LogP contribution is -2.47. The van der Waals surface area contributed by atoms with Crippen LogP contribution >= 0.6 is 0 Å². The largest absolute Gasteiger partial charge is 0.381 e. The lowest BCUT2D eigenvalue weighted by molar-refractivity contribution is -0.558. The summed E-state index contributed by atoms with van der Waals surface area (Å²) in [7, 11) is 0. The normalized spacial score (nSPS) is 33.0. The molecular formula is C15H24O9. The topological polar surface area (TPSA) is 83.1 Å². The van der Waals surface area contributed by atoms with Crippen LogP contribution in [-0.2, 0) is 43.5 Å². The van der Waals surface area contributed by atoms with Crippen LogP contribution in [0.3, 0.4) is 0 Å². The highest BCUT2D eigenvalue weighted by Gasteiger charge is 2.51. The lowest BCUT2D eigenvalue weighted by Gasteiger charge is -2.37. The molecule has 4 rings (SSSR count). The Labute approximate surface area is 140 Å². The molecule has 0 aromatic carbocycles. The van der Waals surface area contributed by atoms with E-state index in [1.165, 1.54) is 0 Å². The van der Waals surface area contributed by atoms with Gasteiger partial charge in [0.1, 0.15) is 0 Å². The lowest BCUT2D eigenvalue weighted by atomic mass is 10.1. The van der Waals surface area contributed by atoms with Gasteiger partial charge in [0.15, 0.2) is 0 Å². The fourth-order valence-electron chi connectivity index (χ4n) is 3.04. The number of rotatable bonds is 0. The van der Waals surface area contributed by atoms with Crippen molar-refractivity contribution in [3.8, 4) is 0 Å². The van der Waals surface area contributed by atoms with Gasteiger partial charge in [0, 0.05) is 38.5 Å². The summed E-state index contributed by atoms with van der Waals surface area (Å²) in [6.45, 7) is 3.00. The molecule has 0 bridgehead atoms. The molecule has 138 valence electrons. The van der Waals surface area contributed by atoms with Gasteiger partial charge in [-0.15, -0.1) is 0 Å². The molecule has 0 radical (unpaired) electrons. The van der Waals surface area contributed by atoms with Gasteiger partial charge in [-0.25, -0.2) is 0 Å². The fourth-order valence-corrected chi connectivity index (χ4v) is 3.04. The van der Waals surface area contributed by atoms with Gasteiger partial charge in [0.05, 0.1) is 39.6 Å². The first-order valence-electron chi connectivity index (χ1n) is 8.58. The van der Waals surface area contributed by atoms with Crippen LogP contribution in [0.1, 0.15) is 38.5 Å². The third kappa shape index (κ3) is 3.59. The zero-order valence-electron chi connectivity index (χ0n) is 13.7. The molecule has 4 fully saturated rings. The van der Waals surface area contributed by atoms with Gasteiger partial charge in [-0.1, -0.05) is 0 Å². The van der Waals surface area contributed by atoms with Crippen LogP contribution in [0.5, 0.6) is 0 Å². The molecule has 0 N–H and O–H groups in total. The quantitative estimate of drug-likeness (QED) is 0.603. The van der Waals surface area contributed by atoms with Crippen molar-refractivity contribution in [1.29, 1.82) is 0 Å². The molecule has 0 saturated carbocycles. The Morgan fingerprint density at radius 2 is 0.542 bits per heavy atom. The minimum Gasteiger partial charge on any atom is -0.381 e. The Morgan fingerprint density at radius 1 is 0.333 bits per heavy atom. The summed E-state index contributed by atoms with van der Waals surface area (Å²) in [4.78, 5) is 34.2. The second-order valence-corrected chi connectivity index (χ2v) is 6.57. The molecule has 4 aliphatic heterocycles. The van der Waals surface area contributed by atoms with E-state index in [0.717, 1.165) is 0 Å². The first-order valence-corrected chi connectivity index (χ1v) is 8.58. The van der Waals surface area contributed by atoms with E-state index >= 15 is 0 Å². The van der Waals surface area contributed by atoms with Crippen LogP contribution in [0.4, 0.5) is 0 Å².